The second kappa shape index (κ2) is 4.46. The minimum absolute atomic E-state index is 0.127. The molecule has 0 saturated carbocycles. The Labute approximate surface area is 106 Å². The molecule has 0 amide bonds. The van der Waals surface area contributed by atoms with Gasteiger partial charge in [-0.25, -0.2) is 4.68 Å². The van der Waals surface area contributed by atoms with Gasteiger partial charge >= 0.3 is 0 Å². The van der Waals surface area contributed by atoms with Crippen molar-refractivity contribution in [3.63, 3.8) is 0 Å². The monoisotopic (exact) mass is 243 g/mol. The second-order valence-electron chi connectivity index (χ2n) is 4.93. The van der Waals surface area contributed by atoms with Crippen LogP contribution in [0.5, 0.6) is 0 Å². The van der Waals surface area contributed by atoms with Gasteiger partial charge in [0.1, 0.15) is 0 Å². The molecule has 1 aromatic carbocycles. The number of fused-ring (bicyclic) bond motifs is 1. The van der Waals surface area contributed by atoms with Gasteiger partial charge in [0.15, 0.2) is 0 Å². The molecule has 3 rings (SSSR count). The molecule has 4 heteroatoms. The first-order valence-corrected chi connectivity index (χ1v) is 6.32. The van der Waals surface area contributed by atoms with E-state index >= 15 is 0 Å². The van der Waals surface area contributed by atoms with E-state index in [0.717, 1.165) is 29.8 Å². The molecule has 0 fully saturated rings. The Hall–Kier alpha value is -1.81. The molecule has 2 N–H and O–H groups in total. The minimum Gasteiger partial charge on any atom is -0.308 e. The Balaban J connectivity index is 1.93. The van der Waals surface area contributed by atoms with Gasteiger partial charge in [0, 0.05) is 18.2 Å². The fourth-order valence-corrected chi connectivity index (χ4v) is 2.46. The summed E-state index contributed by atoms with van der Waals surface area (Å²) in [6.45, 7) is 3.48. The number of nitrogens with zero attached hydrogens (tertiary/aromatic N) is 1. The standard InChI is InChI=1S/C14H17N3O/c1-10-7-12-13(8-15-10)16-17(14(12)18)9-11-5-3-2-4-6-11/h2-6,10,15-16H,7-9H2,1H3. The first kappa shape index (κ1) is 11.3. The lowest BCUT2D eigenvalue weighted by Crippen LogP contribution is -2.34. The van der Waals surface area contributed by atoms with Gasteiger partial charge < -0.3 is 5.32 Å². The maximum atomic E-state index is 12.3. The highest BCUT2D eigenvalue weighted by molar-refractivity contribution is 5.22. The summed E-state index contributed by atoms with van der Waals surface area (Å²) in [5.74, 6) is 0. The summed E-state index contributed by atoms with van der Waals surface area (Å²) in [5, 5.41) is 6.57. The molecule has 0 radical (unpaired) electrons. The molecular weight excluding hydrogens is 226 g/mol. The third-order valence-electron chi connectivity index (χ3n) is 3.46. The van der Waals surface area contributed by atoms with Crippen molar-refractivity contribution in [3.05, 3.63) is 57.5 Å². The van der Waals surface area contributed by atoms with Crippen molar-refractivity contribution in [2.75, 3.05) is 0 Å². The molecule has 0 aliphatic carbocycles. The van der Waals surface area contributed by atoms with Gasteiger partial charge in [-0.2, -0.15) is 0 Å². The predicted molar refractivity (Wildman–Crippen MR) is 70.6 cm³/mol. The van der Waals surface area contributed by atoms with Crippen LogP contribution < -0.4 is 10.9 Å². The smallest absolute Gasteiger partial charge is 0.270 e. The number of aromatic nitrogens is 2. The van der Waals surface area contributed by atoms with Crippen LogP contribution in [-0.2, 0) is 19.5 Å². The van der Waals surface area contributed by atoms with E-state index in [1.165, 1.54) is 0 Å². The molecule has 0 bridgehead atoms. The number of benzene rings is 1. The zero-order chi connectivity index (χ0) is 12.5. The van der Waals surface area contributed by atoms with Gasteiger partial charge in [-0.15, -0.1) is 0 Å². The molecule has 94 valence electrons. The van der Waals surface area contributed by atoms with E-state index in [0.29, 0.717) is 12.6 Å². The molecule has 1 atom stereocenters. The van der Waals surface area contributed by atoms with Gasteiger partial charge in [0.25, 0.3) is 5.56 Å². The fourth-order valence-electron chi connectivity index (χ4n) is 2.46. The summed E-state index contributed by atoms with van der Waals surface area (Å²) >= 11 is 0. The number of H-pyrrole nitrogens is 1. The van der Waals surface area contributed by atoms with Crippen molar-refractivity contribution in [1.29, 1.82) is 0 Å². The highest BCUT2D eigenvalue weighted by Gasteiger charge is 2.20. The van der Waals surface area contributed by atoms with Crippen LogP contribution in [0.1, 0.15) is 23.7 Å². The topological polar surface area (TPSA) is 49.8 Å². The van der Waals surface area contributed by atoms with E-state index in [4.69, 9.17) is 0 Å². The number of nitrogens with one attached hydrogen (secondary N) is 2. The second-order valence-corrected chi connectivity index (χ2v) is 4.93. The fraction of sp³-hybridized carbons (Fsp3) is 0.357. The lowest BCUT2D eigenvalue weighted by Gasteiger charge is -2.18. The summed E-state index contributed by atoms with van der Waals surface area (Å²) in [7, 11) is 0. The third kappa shape index (κ3) is 1.99. The number of aromatic amines is 1. The molecule has 18 heavy (non-hydrogen) atoms. The van der Waals surface area contributed by atoms with Crippen LogP contribution in [0.4, 0.5) is 0 Å². The largest absolute Gasteiger partial charge is 0.308 e. The molecular formula is C14H17N3O. The predicted octanol–water partition coefficient (Wildman–Crippen LogP) is 1.26. The van der Waals surface area contributed by atoms with E-state index in [2.05, 4.69) is 17.3 Å². The van der Waals surface area contributed by atoms with E-state index in [1.54, 1.807) is 4.68 Å². The maximum Gasteiger partial charge on any atom is 0.270 e. The Bertz CT molecular complexity index is 597. The molecule has 1 aromatic heterocycles. The van der Waals surface area contributed by atoms with Gasteiger partial charge in [0.2, 0.25) is 0 Å². The van der Waals surface area contributed by atoms with Crippen molar-refractivity contribution >= 4 is 0 Å². The van der Waals surface area contributed by atoms with Crippen LogP contribution in [-0.4, -0.2) is 15.8 Å². The van der Waals surface area contributed by atoms with E-state index in [-0.39, 0.29) is 5.56 Å². The van der Waals surface area contributed by atoms with Crippen LogP contribution in [0.2, 0.25) is 0 Å². The summed E-state index contributed by atoms with van der Waals surface area (Å²) in [4.78, 5) is 12.3. The Morgan fingerprint density at radius 1 is 1.33 bits per heavy atom. The Morgan fingerprint density at radius 2 is 2.11 bits per heavy atom. The van der Waals surface area contributed by atoms with Crippen molar-refractivity contribution in [2.45, 2.75) is 32.5 Å². The van der Waals surface area contributed by atoms with Crippen LogP contribution in [0, 0.1) is 0 Å². The van der Waals surface area contributed by atoms with Crippen LogP contribution in [0.15, 0.2) is 35.1 Å². The highest BCUT2D eigenvalue weighted by Crippen LogP contribution is 2.11. The van der Waals surface area contributed by atoms with Gasteiger partial charge in [-0.3, -0.25) is 9.89 Å². The number of rotatable bonds is 2. The van der Waals surface area contributed by atoms with E-state index < -0.39 is 0 Å². The van der Waals surface area contributed by atoms with Crippen molar-refractivity contribution in [3.8, 4) is 0 Å². The van der Waals surface area contributed by atoms with Crippen LogP contribution >= 0.6 is 0 Å². The first-order valence-electron chi connectivity index (χ1n) is 6.32. The minimum atomic E-state index is 0.127. The summed E-state index contributed by atoms with van der Waals surface area (Å²) in [6.07, 6.45) is 0.812. The average molecular weight is 243 g/mol. The SMILES string of the molecule is CC1Cc2c([nH]n(Cc3ccccc3)c2=O)CN1. The van der Waals surface area contributed by atoms with Crippen LogP contribution in [0.3, 0.4) is 0 Å². The molecule has 4 nitrogen and oxygen atoms in total. The van der Waals surface area contributed by atoms with E-state index in [9.17, 15) is 4.79 Å². The molecule has 1 aliphatic heterocycles. The lowest BCUT2D eigenvalue weighted by molar-refractivity contribution is 0.506. The zero-order valence-corrected chi connectivity index (χ0v) is 10.4. The highest BCUT2D eigenvalue weighted by atomic mass is 16.1. The van der Waals surface area contributed by atoms with Gasteiger partial charge in [-0.1, -0.05) is 30.3 Å². The number of hydrogen-bond donors (Lipinski definition) is 2. The number of hydrogen-bond acceptors (Lipinski definition) is 2. The van der Waals surface area contributed by atoms with Crippen molar-refractivity contribution in [1.82, 2.24) is 15.1 Å². The van der Waals surface area contributed by atoms with Gasteiger partial charge in [-0.05, 0) is 18.9 Å². The molecule has 2 heterocycles. The summed E-state index contributed by atoms with van der Waals surface area (Å²) in [5.41, 5.74) is 3.24. The normalized spacial score (nSPS) is 18.6. The molecule has 0 spiro atoms. The molecule has 2 aromatic rings. The van der Waals surface area contributed by atoms with Crippen LogP contribution in [0.25, 0.3) is 0 Å². The maximum absolute atomic E-state index is 12.3. The Kier molecular flexibility index (Phi) is 2.80. The van der Waals surface area contributed by atoms with Crippen molar-refractivity contribution in [2.24, 2.45) is 0 Å². The first-order chi connectivity index (χ1) is 8.74. The lowest BCUT2D eigenvalue weighted by atomic mass is 10.0. The molecule has 1 unspecified atom stereocenters. The summed E-state index contributed by atoms with van der Waals surface area (Å²) < 4.78 is 1.71. The molecule has 0 saturated heterocycles. The third-order valence-corrected chi connectivity index (χ3v) is 3.46. The quantitative estimate of drug-likeness (QED) is 0.834. The average Bonchev–Trinajstić information content (AvgIpc) is 2.68. The zero-order valence-electron chi connectivity index (χ0n) is 10.4. The Morgan fingerprint density at radius 3 is 2.89 bits per heavy atom. The van der Waals surface area contributed by atoms with Crippen molar-refractivity contribution < 1.29 is 0 Å². The van der Waals surface area contributed by atoms with E-state index in [1.807, 2.05) is 30.3 Å². The van der Waals surface area contributed by atoms with Gasteiger partial charge in [0.05, 0.1) is 12.2 Å². The molecule has 1 aliphatic rings. The summed E-state index contributed by atoms with van der Waals surface area (Å²) in [6, 6.07) is 10.4.